The topological polar surface area (TPSA) is 66.9 Å². The highest BCUT2D eigenvalue weighted by Gasteiger charge is 2.57. The summed E-state index contributed by atoms with van der Waals surface area (Å²) < 4.78 is 5.38. The molecule has 7 heteroatoms. The van der Waals surface area contributed by atoms with Crippen molar-refractivity contribution in [3.8, 4) is 0 Å². The lowest BCUT2D eigenvalue weighted by Gasteiger charge is -2.33. The van der Waals surface area contributed by atoms with E-state index in [-0.39, 0.29) is 18.4 Å². The quantitative estimate of drug-likeness (QED) is 0.724. The normalized spacial score (nSPS) is 27.4. The lowest BCUT2D eigenvalue weighted by molar-refractivity contribution is -0.158. The molecule has 1 aromatic carbocycles. The summed E-state index contributed by atoms with van der Waals surface area (Å²) in [6, 6.07) is 9.25. The van der Waals surface area contributed by atoms with Gasteiger partial charge in [-0.05, 0) is 24.8 Å². The number of amides is 2. The Labute approximate surface area is 169 Å². The van der Waals surface area contributed by atoms with Crippen LogP contribution in [0.1, 0.15) is 44.1 Å². The van der Waals surface area contributed by atoms with E-state index >= 15 is 0 Å². The Morgan fingerprint density at radius 3 is 2.54 bits per heavy atom. The van der Waals surface area contributed by atoms with Crippen molar-refractivity contribution in [3.05, 3.63) is 35.9 Å². The number of rotatable bonds is 4. The van der Waals surface area contributed by atoms with E-state index in [2.05, 4.69) is 0 Å². The molecule has 0 aromatic heterocycles. The molecule has 6 nitrogen and oxygen atoms in total. The van der Waals surface area contributed by atoms with Crippen molar-refractivity contribution >= 4 is 29.5 Å². The van der Waals surface area contributed by atoms with E-state index in [0.717, 1.165) is 44.3 Å². The Hall–Kier alpha value is -2.02. The monoisotopic (exact) mass is 402 g/mol. The predicted octanol–water partition coefficient (Wildman–Crippen LogP) is 2.52. The van der Waals surface area contributed by atoms with Crippen molar-refractivity contribution in [2.45, 2.75) is 49.4 Å². The molecule has 0 saturated carbocycles. The average molecular weight is 403 g/mol. The van der Waals surface area contributed by atoms with Crippen molar-refractivity contribution in [2.24, 2.45) is 0 Å². The maximum absolute atomic E-state index is 12.8. The van der Waals surface area contributed by atoms with Crippen LogP contribution in [0.5, 0.6) is 0 Å². The number of fused-ring (bicyclic) bond motifs is 1. The molecule has 3 aliphatic heterocycles. The highest BCUT2D eigenvalue weighted by molar-refractivity contribution is 8.00. The summed E-state index contributed by atoms with van der Waals surface area (Å²) in [6.45, 7) is 1.23. The van der Waals surface area contributed by atoms with Crippen molar-refractivity contribution in [2.75, 3.05) is 25.4 Å². The molecule has 0 bridgehead atoms. The molecule has 28 heavy (non-hydrogen) atoms. The SMILES string of the molecule is O=C(OCC(=O)N1CCCCCC1)[C@@H]1CS[C@]2(c3ccccc3)CCC(=O)N12. The number of hydrogen-bond acceptors (Lipinski definition) is 5. The van der Waals surface area contributed by atoms with Gasteiger partial charge >= 0.3 is 5.97 Å². The van der Waals surface area contributed by atoms with Crippen LogP contribution in [0.2, 0.25) is 0 Å². The Bertz CT molecular complexity index is 748. The molecule has 3 fully saturated rings. The fourth-order valence-electron chi connectivity index (χ4n) is 4.46. The van der Waals surface area contributed by atoms with Gasteiger partial charge in [0.1, 0.15) is 10.9 Å². The van der Waals surface area contributed by atoms with Crippen LogP contribution in [0, 0.1) is 0 Å². The predicted molar refractivity (Wildman–Crippen MR) is 106 cm³/mol. The second kappa shape index (κ2) is 8.15. The van der Waals surface area contributed by atoms with E-state index in [0.29, 0.717) is 18.6 Å². The minimum Gasteiger partial charge on any atom is -0.454 e. The first kappa shape index (κ1) is 19.3. The van der Waals surface area contributed by atoms with Gasteiger partial charge in [-0.2, -0.15) is 0 Å². The minimum atomic E-state index is -0.628. The molecule has 0 unspecified atom stereocenters. The molecule has 0 aliphatic carbocycles. The third-order valence-electron chi connectivity index (χ3n) is 5.92. The van der Waals surface area contributed by atoms with Crippen LogP contribution in [-0.4, -0.2) is 59.1 Å². The van der Waals surface area contributed by atoms with Crippen LogP contribution in [-0.2, 0) is 24.0 Å². The Balaban J connectivity index is 1.42. The van der Waals surface area contributed by atoms with Crippen molar-refractivity contribution in [3.63, 3.8) is 0 Å². The second-order valence-electron chi connectivity index (χ2n) is 7.64. The lowest BCUT2D eigenvalue weighted by Crippen LogP contribution is -2.47. The van der Waals surface area contributed by atoms with E-state index in [9.17, 15) is 14.4 Å². The molecule has 3 aliphatic rings. The van der Waals surface area contributed by atoms with Crippen LogP contribution in [0.3, 0.4) is 0 Å². The summed E-state index contributed by atoms with van der Waals surface area (Å²) in [5.41, 5.74) is 1.04. The molecule has 4 rings (SSSR count). The smallest absolute Gasteiger partial charge is 0.330 e. The van der Waals surface area contributed by atoms with Gasteiger partial charge in [0.05, 0.1) is 0 Å². The third-order valence-corrected chi connectivity index (χ3v) is 7.52. The number of carbonyl (C=O) groups excluding carboxylic acids is 3. The fraction of sp³-hybridized carbons (Fsp3) is 0.571. The van der Waals surface area contributed by atoms with Gasteiger partial charge in [0.15, 0.2) is 6.61 Å². The summed E-state index contributed by atoms with van der Waals surface area (Å²) >= 11 is 1.63. The first-order valence-corrected chi connectivity index (χ1v) is 11.1. The number of esters is 1. The molecular formula is C21H26N2O4S. The van der Waals surface area contributed by atoms with Gasteiger partial charge in [0, 0.05) is 25.3 Å². The number of nitrogens with zero attached hydrogens (tertiary/aromatic N) is 2. The standard InChI is InChI=1S/C21H26N2O4S/c24-18-10-11-21(16-8-4-3-5-9-16)23(18)17(15-28-21)20(26)27-14-19(25)22-12-6-1-2-7-13-22/h3-5,8-9,17H,1-2,6-7,10-15H2/t17-,21-/m0/s1. The Morgan fingerprint density at radius 2 is 1.82 bits per heavy atom. The zero-order chi connectivity index (χ0) is 19.6. The van der Waals surface area contributed by atoms with Crippen LogP contribution in [0.15, 0.2) is 30.3 Å². The number of thioether (sulfide) groups is 1. The van der Waals surface area contributed by atoms with Gasteiger partial charge in [0.25, 0.3) is 5.91 Å². The van der Waals surface area contributed by atoms with E-state index in [1.807, 2.05) is 30.3 Å². The number of benzene rings is 1. The fourth-order valence-corrected chi connectivity index (χ4v) is 6.09. The van der Waals surface area contributed by atoms with Gasteiger partial charge in [0.2, 0.25) is 5.91 Å². The van der Waals surface area contributed by atoms with Gasteiger partial charge in [-0.1, -0.05) is 43.2 Å². The van der Waals surface area contributed by atoms with Gasteiger partial charge in [-0.15, -0.1) is 11.8 Å². The molecule has 0 N–H and O–H groups in total. The van der Waals surface area contributed by atoms with Crippen molar-refractivity contribution in [1.29, 1.82) is 0 Å². The van der Waals surface area contributed by atoms with Gasteiger partial charge in [-0.3, -0.25) is 9.59 Å². The molecule has 0 radical (unpaired) electrons. The van der Waals surface area contributed by atoms with E-state index in [1.54, 1.807) is 21.6 Å². The average Bonchev–Trinajstić information content (AvgIpc) is 3.13. The molecule has 3 saturated heterocycles. The summed E-state index contributed by atoms with van der Waals surface area (Å²) in [7, 11) is 0. The number of likely N-dealkylation sites (tertiary alicyclic amines) is 1. The Morgan fingerprint density at radius 1 is 1.11 bits per heavy atom. The van der Waals surface area contributed by atoms with Gasteiger partial charge in [-0.25, -0.2) is 4.79 Å². The zero-order valence-electron chi connectivity index (χ0n) is 16.0. The third kappa shape index (κ3) is 3.52. The summed E-state index contributed by atoms with van der Waals surface area (Å²) in [5.74, 6) is -0.126. The first-order valence-electron chi connectivity index (χ1n) is 10.1. The largest absolute Gasteiger partial charge is 0.454 e. The minimum absolute atomic E-state index is 0.0188. The highest BCUT2D eigenvalue weighted by atomic mass is 32.2. The van der Waals surface area contributed by atoms with Gasteiger partial charge < -0.3 is 14.5 Å². The Kier molecular flexibility index (Phi) is 5.62. The number of hydrogen-bond donors (Lipinski definition) is 0. The van der Waals surface area contributed by atoms with Crippen molar-refractivity contribution < 1.29 is 19.1 Å². The number of carbonyl (C=O) groups is 3. The molecule has 2 amide bonds. The second-order valence-corrected chi connectivity index (χ2v) is 8.94. The van der Waals surface area contributed by atoms with Crippen LogP contribution in [0.4, 0.5) is 0 Å². The van der Waals surface area contributed by atoms with Crippen molar-refractivity contribution in [1.82, 2.24) is 9.80 Å². The lowest BCUT2D eigenvalue weighted by atomic mass is 10.0. The molecule has 3 heterocycles. The first-order chi connectivity index (χ1) is 13.6. The summed E-state index contributed by atoms with van der Waals surface area (Å²) in [6.07, 6.45) is 5.40. The van der Waals surface area contributed by atoms with E-state index in [1.165, 1.54) is 0 Å². The van der Waals surface area contributed by atoms with Crippen LogP contribution >= 0.6 is 11.8 Å². The number of ether oxygens (including phenoxy) is 1. The van der Waals surface area contributed by atoms with E-state index in [4.69, 9.17) is 4.74 Å². The molecule has 2 atom stereocenters. The van der Waals surface area contributed by atoms with Crippen LogP contribution in [0.25, 0.3) is 0 Å². The zero-order valence-corrected chi connectivity index (χ0v) is 16.8. The van der Waals surface area contributed by atoms with Crippen LogP contribution < -0.4 is 0 Å². The summed E-state index contributed by atoms with van der Waals surface area (Å²) in [5, 5.41) is 0. The maximum atomic E-state index is 12.8. The molecular weight excluding hydrogens is 376 g/mol. The summed E-state index contributed by atoms with van der Waals surface area (Å²) in [4.78, 5) is 40.8. The van der Waals surface area contributed by atoms with E-state index < -0.39 is 16.9 Å². The highest BCUT2D eigenvalue weighted by Crippen LogP contribution is 2.54. The molecule has 150 valence electrons. The molecule has 0 spiro atoms. The molecule has 1 aromatic rings. The maximum Gasteiger partial charge on any atom is 0.330 e.